The van der Waals surface area contributed by atoms with Crippen LogP contribution in [0.1, 0.15) is 24.4 Å². The molecule has 0 radical (unpaired) electrons. The second kappa shape index (κ2) is 6.19. The lowest BCUT2D eigenvalue weighted by Gasteiger charge is -2.27. The van der Waals surface area contributed by atoms with Crippen molar-refractivity contribution in [2.75, 3.05) is 23.0 Å². The summed E-state index contributed by atoms with van der Waals surface area (Å²) in [6.45, 7) is 2.20. The molecule has 2 aromatic rings. The maximum absolute atomic E-state index is 5.81. The Bertz CT molecular complexity index is 611. The zero-order valence-electron chi connectivity index (χ0n) is 11.8. The van der Waals surface area contributed by atoms with Gasteiger partial charge in [-0.25, -0.2) is 0 Å². The van der Waals surface area contributed by atoms with E-state index in [0.29, 0.717) is 27.8 Å². The van der Waals surface area contributed by atoms with Crippen molar-refractivity contribution in [1.29, 1.82) is 0 Å². The zero-order chi connectivity index (χ0) is 14.8. The molecule has 0 saturated carbocycles. The molecule has 1 aliphatic rings. The molecule has 1 saturated heterocycles. The van der Waals surface area contributed by atoms with Gasteiger partial charge in [0.15, 0.2) is 5.82 Å². The van der Waals surface area contributed by atoms with Gasteiger partial charge in [-0.1, -0.05) is 12.1 Å². The van der Waals surface area contributed by atoms with Crippen LogP contribution < -0.4 is 11.5 Å². The quantitative estimate of drug-likeness (QED) is 0.838. The Morgan fingerprint density at radius 3 is 2.62 bits per heavy atom. The predicted octanol–water partition coefficient (Wildman–Crippen LogP) is 3.20. The minimum Gasteiger partial charge on any atom is -0.399 e. The fourth-order valence-electron chi connectivity index (χ4n) is 2.41. The summed E-state index contributed by atoms with van der Waals surface area (Å²) in [5.74, 6) is 3.57. The lowest BCUT2D eigenvalue weighted by Crippen LogP contribution is -2.19. The standard InChI is InChI=1S/C14H18N4OS2/c1-2-11-12(21-4-3-20-11)13-17-14(19-18-13)8-5-9(15)7-10(16)6-8/h5-7,11-12H,2-4,15-16H2,1H3. The first-order valence-corrected chi connectivity index (χ1v) is 9.00. The average molecular weight is 322 g/mol. The monoisotopic (exact) mass is 322 g/mol. The topological polar surface area (TPSA) is 91.0 Å². The fraction of sp³-hybridized carbons (Fsp3) is 0.429. The van der Waals surface area contributed by atoms with Gasteiger partial charge in [0.1, 0.15) is 0 Å². The largest absolute Gasteiger partial charge is 0.399 e. The van der Waals surface area contributed by atoms with E-state index >= 15 is 0 Å². The number of rotatable bonds is 3. The minimum absolute atomic E-state index is 0.296. The summed E-state index contributed by atoms with van der Waals surface area (Å²) >= 11 is 3.90. The van der Waals surface area contributed by atoms with Crippen molar-refractivity contribution in [2.24, 2.45) is 0 Å². The normalized spacial score (nSPS) is 22.3. The van der Waals surface area contributed by atoms with E-state index in [2.05, 4.69) is 17.1 Å². The molecule has 112 valence electrons. The van der Waals surface area contributed by atoms with Crippen molar-refractivity contribution < 1.29 is 4.52 Å². The summed E-state index contributed by atoms with van der Waals surface area (Å²) in [6.07, 6.45) is 1.11. The van der Waals surface area contributed by atoms with Crippen LogP contribution in [0.15, 0.2) is 22.7 Å². The van der Waals surface area contributed by atoms with Crippen LogP contribution in [0.3, 0.4) is 0 Å². The Kier molecular flexibility index (Phi) is 4.30. The second-order valence-electron chi connectivity index (χ2n) is 4.95. The molecule has 0 bridgehead atoms. The number of nitrogens with zero attached hydrogens (tertiary/aromatic N) is 2. The number of hydrogen-bond donors (Lipinski definition) is 2. The van der Waals surface area contributed by atoms with Crippen LogP contribution in [0.4, 0.5) is 11.4 Å². The minimum atomic E-state index is 0.296. The highest BCUT2D eigenvalue weighted by Crippen LogP contribution is 2.43. The third kappa shape index (κ3) is 3.13. The van der Waals surface area contributed by atoms with Gasteiger partial charge in [-0.15, -0.1) is 11.8 Å². The Hall–Kier alpha value is -1.34. The van der Waals surface area contributed by atoms with Crippen molar-refractivity contribution in [2.45, 2.75) is 23.8 Å². The van der Waals surface area contributed by atoms with Gasteiger partial charge in [-0.3, -0.25) is 0 Å². The van der Waals surface area contributed by atoms with Gasteiger partial charge in [-0.2, -0.15) is 16.7 Å². The number of thioether (sulfide) groups is 2. The number of anilines is 2. The molecule has 5 nitrogen and oxygen atoms in total. The van der Waals surface area contributed by atoms with Gasteiger partial charge in [0, 0.05) is 33.7 Å². The highest BCUT2D eigenvalue weighted by molar-refractivity contribution is 8.06. The molecule has 2 heterocycles. The summed E-state index contributed by atoms with van der Waals surface area (Å²) in [7, 11) is 0. The summed E-state index contributed by atoms with van der Waals surface area (Å²) in [4.78, 5) is 4.56. The molecule has 0 amide bonds. The molecule has 1 aliphatic heterocycles. The molecule has 2 unspecified atom stereocenters. The van der Waals surface area contributed by atoms with Gasteiger partial charge in [0.2, 0.25) is 0 Å². The third-order valence-corrected chi connectivity index (χ3v) is 6.62. The van der Waals surface area contributed by atoms with E-state index in [4.69, 9.17) is 16.0 Å². The first-order chi connectivity index (χ1) is 10.2. The number of nitrogen functional groups attached to an aromatic ring is 2. The van der Waals surface area contributed by atoms with Crippen LogP contribution in [0, 0.1) is 0 Å². The molecule has 1 aromatic carbocycles. The van der Waals surface area contributed by atoms with Gasteiger partial charge < -0.3 is 16.0 Å². The lowest BCUT2D eigenvalue weighted by molar-refractivity contribution is 0.421. The molecule has 1 fully saturated rings. The smallest absolute Gasteiger partial charge is 0.258 e. The predicted molar refractivity (Wildman–Crippen MR) is 90.3 cm³/mol. The van der Waals surface area contributed by atoms with E-state index in [1.807, 2.05) is 23.5 Å². The van der Waals surface area contributed by atoms with Crippen molar-refractivity contribution in [3.63, 3.8) is 0 Å². The maximum Gasteiger partial charge on any atom is 0.258 e. The summed E-state index contributed by atoms with van der Waals surface area (Å²) in [6, 6.07) is 5.31. The first kappa shape index (κ1) is 14.6. The van der Waals surface area contributed by atoms with E-state index in [-0.39, 0.29) is 0 Å². The van der Waals surface area contributed by atoms with Crippen LogP contribution >= 0.6 is 23.5 Å². The van der Waals surface area contributed by atoms with Crippen LogP contribution in [0.2, 0.25) is 0 Å². The Balaban J connectivity index is 1.88. The van der Waals surface area contributed by atoms with Gasteiger partial charge in [0.25, 0.3) is 5.89 Å². The zero-order valence-corrected chi connectivity index (χ0v) is 13.4. The maximum atomic E-state index is 5.81. The molecular formula is C14H18N4OS2. The molecule has 3 rings (SSSR count). The Labute approximate surface area is 132 Å². The Morgan fingerprint density at radius 2 is 1.90 bits per heavy atom. The van der Waals surface area contributed by atoms with Crippen molar-refractivity contribution in [1.82, 2.24) is 10.1 Å². The number of hydrogen-bond acceptors (Lipinski definition) is 7. The summed E-state index contributed by atoms with van der Waals surface area (Å²) in [5, 5.41) is 5.01. The highest BCUT2D eigenvalue weighted by Gasteiger charge is 2.30. The van der Waals surface area contributed by atoms with Crippen molar-refractivity contribution in [3.8, 4) is 11.5 Å². The lowest BCUT2D eigenvalue weighted by atomic mass is 10.2. The molecule has 4 N–H and O–H groups in total. The average Bonchev–Trinajstić information content (AvgIpc) is 2.96. The molecule has 2 atom stereocenters. The third-order valence-electron chi connectivity index (χ3n) is 3.37. The molecule has 7 heteroatoms. The van der Waals surface area contributed by atoms with E-state index in [1.54, 1.807) is 18.2 Å². The molecule has 0 aliphatic carbocycles. The molecule has 21 heavy (non-hydrogen) atoms. The molecule has 1 aromatic heterocycles. The molecule has 0 spiro atoms. The number of nitrogens with two attached hydrogens (primary N) is 2. The molecular weight excluding hydrogens is 304 g/mol. The van der Waals surface area contributed by atoms with Gasteiger partial charge in [0.05, 0.1) is 5.25 Å². The van der Waals surface area contributed by atoms with Gasteiger partial charge >= 0.3 is 0 Å². The second-order valence-corrected chi connectivity index (χ2v) is 7.55. The van der Waals surface area contributed by atoms with E-state index in [9.17, 15) is 0 Å². The van der Waals surface area contributed by atoms with Crippen molar-refractivity contribution in [3.05, 3.63) is 24.0 Å². The first-order valence-electron chi connectivity index (χ1n) is 6.90. The van der Waals surface area contributed by atoms with Gasteiger partial charge in [-0.05, 0) is 24.6 Å². The van der Waals surface area contributed by atoms with Crippen molar-refractivity contribution >= 4 is 34.9 Å². The van der Waals surface area contributed by atoms with E-state index < -0.39 is 0 Å². The fourth-order valence-corrected chi connectivity index (χ4v) is 5.39. The van der Waals surface area contributed by atoms with Crippen LogP contribution in [-0.4, -0.2) is 26.9 Å². The summed E-state index contributed by atoms with van der Waals surface area (Å²) < 4.78 is 5.41. The van der Waals surface area contributed by atoms with E-state index in [0.717, 1.165) is 23.6 Å². The Morgan fingerprint density at radius 1 is 1.19 bits per heavy atom. The highest BCUT2D eigenvalue weighted by atomic mass is 32.2. The number of benzene rings is 1. The number of aromatic nitrogens is 2. The van der Waals surface area contributed by atoms with Crippen LogP contribution in [0.5, 0.6) is 0 Å². The van der Waals surface area contributed by atoms with E-state index in [1.165, 1.54) is 5.75 Å². The SMILES string of the molecule is CCC1SCCSC1c1noc(-c2cc(N)cc(N)c2)n1. The van der Waals surface area contributed by atoms with Crippen LogP contribution in [0.25, 0.3) is 11.5 Å². The van der Waals surface area contributed by atoms with Crippen LogP contribution in [-0.2, 0) is 0 Å². The summed E-state index contributed by atoms with van der Waals surface area (Å²) in [5.41, 5.74) is 13.6.